The molecule has 0 amide bonds. The van der Waals surface area contributed by atoms with Gasteiger partial charge in [-0.3, -0.25) is 10.3 Å². The van der Waals surface area contributed by atoms with Crippen LogP contribution in [0, 0.1) is 0 Å². The number of pyridine rings is 1. The van der Waals surface area contributed by atoms with Crippen LogP contribution in [0.15, 0.2) is 73.1 Å². The largest absolute Gasteiger partial charge is 0.493 e. The van der Waals surface area contributed by atoms with E-state index in [-0.39, 0.29) is 25.0 Å². The Balaban J connectivity index is 1.29. The molecular weight excluding hydrogens is 675 g/mol. The van der Waals surface area contributed by atoms with Gasteiger partial charge in [-0.15, -0.1) is 11.3 Å². The molecule has 0 bridgehead atoms. The van der Waals surface area contributed by atoms with Gasteiger partial charge in [0, 0.05) is 49.9 Å². The third-order valence-corrected chi connectivity index (χ3v) is 9.68. The Labute approximate surface area is 294 Å². The average Bonchev–Trinajstić information content (AvgIpc) is 3.58. The highest BCUT2D eigenvalue weighted by molar-refractivity contribution is 7.13. The van der Waals surface area contributed by atoms with E-state index in [1.807, 2.05) is 36.4 Å². The molecule has 0 radical (unpaired) electrons. The molecule has 3 heterocycles. The maximum atomic E-state index is 13.6. The number of carbonyl (C=O) groups excluding carboxylic acids is 2. The molecule has 2 N–H and O–H groups in total. The van der Waals surface area contributed by atoms with Crippen LogP contribution in [0.25, 0.3) is 0 Å². The first-order valence-corrected chi connectivity index (χ1v) is 17.0. The number of rotatable bonds is 14. The SMILES string of the molecule is COc1ccc([C@H](Cc2c(Cl)cncc2Cl)OC(=O)c2ccc(CNC(C(=O)OC[C@@H]3CN(C)CCN3)c3ccccc3)s2)cc1OC. The molecule has 0 aliphatic carbocycles. The fourth-order valence-electron chi connectivity index (χ4n) is 5.42. The summed E-state index contributed by atoms with van der Waals surface area (Å²) in [5.74, 6) is 0.147. The van der Waals surface area contributed by atoms with Crippen LogP contribution in [-0.4, -0.2) is 75.4 Å². The van der Waals surface area contributed by atoms with Crippen LogP contribution in [-0.2, 0) is 27.2 Å². The summed E-state index contributed by atoms with van der Waals surface area (Å²) in [6.07, 6.45) is 2.45. The lowest BCUT2D eigenvalue weighted by molar-refractivity contribution is -0.147. The summed E-state index contributed by atoms with van der Waals surface area (Å²) in [5.41, 5.74) is 2.06. The summed E-state index contributed by atoms with van der Waals surface area (Å²) < 4.78 is 22.7. The number of ether oxygens (including phenoxy) is 4. The second kappa shape index (κ2) is 17.1. The molecule has 1 aliphatic heterocycles. The van der Waals surface area contributed by atoms with Crippen molar-refractivity contribution in [3.8, 4) is 11.5 Å². The normalized spacial score (nSPS) is 16.1. The van der Waals surface area contributed by atoms with Gasteiger partial charge in [0.25, 0.3) is 0 Å². The van der Waals surface area contributed by atoms with Crippen molar-refractivity contribution >= 4 is 46.5 Å². The molecule has 254 valence electrons. The third-order valence-electron chi connectivity index (χ3n) is 7.97. The van der Waals surface area contributed by atoms with E-state index >= 15 is 0 Å². The molecule has 48 heavy (non-hydrogen) atoms. The molecule has 4 aromatic rings. The van der Waals surface area contributed by atoms with E-state index < -0.39 is 18.1 Å². The van der Waals surface area contributed by atoms with Crippen LogP contribution in [0.1, 0.15) is 43.4 Å². The highest BCUT2D eigenvalue weighted by Gasteiger charge is 2.26. The Bertz CT molecular complexity index is 1670. The lowest BCUT2D eigenvalue weighted by atomic mass is 10.0. The number of likely N-dealkylation sites (N-methyl/N-ethyl adjacent to an activating group) is 1. The number of nitrogens with one attached hydrogen (secondary N) is 2. The molecule has 0 spiro atoms. The molecule has 2 aromatic carbocycles. The predicted octanol–water partition coefficient (Wildman–Crippen LogP) is 5.89. The number of halogens is 2. The minimum absolute atomic E-state index is 0.0726. The van der Waals surface area contributed by atoms with Crippen LogP contribution in [0.4, 0.5) is 0 Å². The quantitative estimate of drug-likeness (QED) is 0.154. The molecule has 1 aliphatic rings. The smallest absolute Gasteiger partial charge is 0.348 e. The fourth-order valence-corrected chi connectivity index (χ4v) is 6.78. The lowest BCUT2D eigenvalue weighted by Crippen LogP contribution is -2.51. The number of carbonyl (C=O) groups is 2. The number of methoxy groups -OCH3 is 2. The topological polar surface area (TPSA) is 111 Å². The third kappa shape index (κ3) is 9.25. The Morgan fingerprint density at radius 1 is 1.02 bits per heavy atom. The van der Waals surface area contributed by atoms with E-state index in [9.17, 15) is 9.59 Å². The van der Waals surface area contributed by atoms with Gasteiger partial charge in [-0.2, -0.15) is 0 Å². The van der Waals surface area contributed by atoms with Gasteiger partial charge in [-0.05, 0) is 48.0 Å². The molecule has 5 rings (SSSR count). The average molecular weight is 714 g/mol. The number of esters is 2. The number of piperazine rings is 1. The second-order valence-corrected chi connectivity index (χ2v) is 13.3. The molecular formula is C35H38Cl2N4O6S. The van der Waals surface area contributed by atoms with Crippen molar-refractivity contribution in [1.82, 2.24) is 20.5 Å². The Morgan fingerprint density at radius 2 is 1.77 bits per heavy atom. The van der Waals surface area contributed by atoms with Gasteiger partial charge in [0.05, 0.1) is 30.3 Å². The zero-order valence-corrected chi connectivity index (χ0v) is 29.2. The Morgan fingerprint density at radius 3 is 2.48 bits per heavy atom. The lowest BCUT2D eigenvalue weighted by Gasteiger charge is -2.30. The van der Waals surface area contributed by atoms with Crippen molar-refractivity contribution < 1.29 is 28.5 Å². The minimum Gasteiger partial charge on any atom is -0.493 e. The summed E-state index contributed by atoms with van der Waals surface area (Å²) in [4.78, 5) is 34.3. The van der Waals surface area contributed by atoms with Gasteiger partial charge >= 0.3 is 11.9 Å². The van der Waals surface area contributed by atoms with Crippen molar-refractivity contribution in [3.05, 3.63) is 110 Å². The number of nitrogens with zero attached hydrogens (tertiary/aromatic N) is 2. The monoisotopic (exact) mass is 712 g/mol. The summed E-state index contributed by atoms with van der Waals surface area (Å²) in [6, 6.07) is 17.7. The first kappa shape index (κ1) is 35.6. The van der Waals surface area contributed by atoms with Gasteiger partial charge < -0.3 is 29.2 Å². The van der Waals surface area contributed by atoms with Crippen molar-refractivity contribution in [2.75, 3.05) is 47.5 Å². The van der Waals surface area contributed by atoms with Gasteiger partial charge in [0.15, 0.2) is 11.5 Å². The molecule has 10 nitrogen and oxygen atoms in total. The molecule has 0 saturated carbocycles. The zero-order valence-electron chi connectivity index (χ0n) is 26.9. The van der Waals surface area contributed by atoms with E-state index in [4.69, 9.17) is 42.1 Å². The van der Waals surface area contributed by atoms with Crippen molar-refractivity contribution in [3.63, 3.8) is 0 Å². The van der Waals surface area contributed by atoms with Crippen LogP contribution in [0.2, 0.25) is 10.0 Å². The van der Waals surface area contributed by atoms with Crippen LogP contribution in [0.5, 0.6) is 11.5 Å². The number of benzene rings is 2. The number of thiophene rings is 1. The predicted molar refractivity (Wildman–Crippen MR) is 186 cm³/mol. The van der Waals surface area contributed by atoms with Crippen LogP contribution in [0.3, 0.4) is 0 Å². The Hall–Kier alpha value is -3.71. The maximum Gasteiger partial charge on any atom is 0.348 e. The van der Waals surface area contributed by atoms with Crippen LogP contribution >= 0.6 is 34.5 Å². The molecule has 1 saturated heterocycles. The zero-order chi connectivity index (χ0) is 34.0. The number of hydrogen-bond acceptors (Lipinski definition) is 11. The Kier molecular flexibility index (Phi) is 12.7. The van der Waals surface area contributed by atoms with E-state index in [0.29, 0.717) is 44.1 Å². The van der Waals surface area contributed by atoms with Gasteiger partial charge in [-0.1, -0.05) is 59.6 Å². The summed E-state index contributed by atoms with van der Waals surface area (Å²) >= 11 is 14.2. The fraction of sp³-hybridized carbons (Fsp3) is 0.343. The summed E-state index contributed by atoms with van der Waals surface area (Å²) in [7, 11) is 5.14. The highest BCUT2D eigenvalue weighted by Crippen LogP contribution is 2.36. The highest BCUT2D eigenvalue weighted by atomic mass is 35.5. The van der Waals surface area contributed by atoms with E-state index in [0.717, 1.165) is 30.1 Å². The van der Waals surface area contributed by atoms with Crippen molar-refractivity contribution in [2.24, 2.45) is 0 Å². The number of hydrogen-bond donors (Lipinski definition) is 2. The van der Waals surface area contributed by atoms with Gasteiger partial charge in [-0.25, -0.2) is 9.59 Å². The molecule has 3 atom stereocenters. The van der Waals surface area contributed by atoms with Gasteiger partial charge in [0.1, 0.15) is 23.6 Å². The van der Waals surface area contributed by atoms with Gasteiger partial charge in [0.2, 0.25) is 0 Å². The first-order chi connectivity index (χ1) is 23.2. The molecule has 1 fully saturated rings. The summed E-state index contributed by atoms with van der Waals surface area (Å²) in [6.45, 7) is 3.22. The molecule has 1 unspecified atom stereocenters. The maximum absolute atomic E-state index is 13.6. The second-order valence-electron chi connectivity index (χ2n) is 11.3. The van der Waals surface area contributed by atoms with E-state index in [2.05, 4.69) is 27.6 Å². The van der Waals surface area contributed by atoms with E-state index in [1.165, 1.54) is 30.8 Å². The van der Waals surface area contributed by atoms with Crippen molar-refractivity contribution in [2.45, 2.75) is 31.2 Å². The molecule has 2 aromatic heterocycles. The number of aromatic nitrogens is 1. The minimum atomic E-state index is -0.756. The molecule has 13 heteroatoms. The van der Waals surface area contributed by atoms with E-state index in [1.54, 1.807) is 31.4 Å². The first-order valence-electron chi connectivity index (χ1n) is 15.4. The standard InChI is InChI=1S/C35H38Cl2N4O6S/c1-41-14-13-39-24(20-41)21-46-35(43)33(22-7-5-4-6-8-22)40-17-25-10-12-32(48-25)34(42)47-30(16-26-27(36)18-38-19-28(26)37)23-9-11-29(44-2)31(15-23)45-3/h4-12,15,18-19,24,30,33,39-40H,13-14,16-17,20-21H2,1-3H3/t24-,30-,33?/m0/s1. The van der Waals surface area contributed by atoms with Crippen LogP contribution < -0.4 is 20.1 Å². The summed E-state index contributed by atoms with van der Waals surface area (Å²) in [5, 5.41) is 7.45. The van der Waals surface area contributed by atoms with Crippen molar-refractivity contribution in [1.29, 1.82) is 0 Å².